The number of benzene rings is 1. The summed E-state index contributed by atoms with van der Waals surface area (Å²) < 4.78 is 5.00. The monoisotopic (exact) mass is 224 g/mol. The number of carbonyl (C=O) groups excluding carboxylic acids is 1. The van der Waals surface area contributed by atoms with Crippen LogP contribution in [0.2, 0.25) is 0 Å². The van der Waals surface area contributed by atoms with Crippen LogP contribution in [0.25, 0.3) is 0 Å². The molecule has 0 N–H and O–H groups in total. The van der Waals surface area contributed by atoms with E-state index in [1.807, 2.05) is 6.92 Å². The van der Waals surface area contributed by atoms with Crippen molar-refractivity contribution in [2.45, 2.75) is 19.8 Å². The van der Waals surface area contributed by atoms with Crippen molar-refractivity contribution in [1.29, 1.82) is 0 Å². The third kappa shape index (κ3) is 3.90. The molecule has 0 spiro atoms. The van der Waals surface area contributed by atoms with E-state index in [0.29, 0.717) is 17.9 Å². The molecule has 0 bridgehead atoms. The van der Waals surface area contributed by atoms with Crippen molar-refractivity contribution in [3.8, 4) is 5.75 Å². The van der Waals surface area contributed by atoms with Crippen LogP contribution < -0.4 is 4.74 Å². The second kappa shape index (κ2) is 6.85. The first-order valence-corrected chi connectivity index (χ1v) is 5.25. The normalized spacial score (nSPS) is 9.88. The average molecular weight is 224 g/mol. The van der Waals surface area contributed by atoms with Gasteiger partial charge in [-0.3, -0.25) is 4.89 Å². The SMILES string of the molecule is CCCCOOC(=O)c1cccc(OC)c1. The summed E-state index contributed by atoms with van der Waals surface area (Å²) in [6, 6.07) is 6.73. The lowest BCUT2D eigenvalue weighted by Gasteiger charge is -2.04. The highest BCUT2D eigenvalue weighted by atomic mass is 17.2. The van der Waals surface area contributed by atoms with Gasteiger partial charge in [0.25, 0.3) is 0 Å². The summed E-state index contributed by atoms with van der Waals surface area (Å²) in [4.78, 5) is 20.9. The molecule has 0 aliphatic carbocycles. The molecular weight excluding hydrogens is 208 g/mol. The molecule has 0 aliphatic rings. The maximum Gasteiger partial charge on any atom is 0.373 e. The first-order chi connectivity index (χ1) is 7.77. The van der Waals surface area contributed by atoms with Gasteiger partial charge in [0, 0.05) is 0 Å². The van der Waals surface area contributed by atoms with Crippen LogP contribution in [0.5, 0.6) is 5.75 Å². The van der Waals surface area contributed by atoms with Crippen LogP contribution in [0.15, 0.2) is 24.3 Å². The van der Waals surface area contributed by atoms with Crippen LogP contribution in [-0.2, 0) is 9.78 Å². The van der Waals surface area contributed by atoms with Crippen LogP contribution in [0, 0.1) is 0 Å². The highest BCUT2D eigenvalue weighted by Crippen LogP contribution is 2.13. The summed E-state index contributed by atoms with van der Waals surface area (Å²) in [5, 5.41) is 0. The van der Waals surface area contributed by atoms with Gasteiger partial charge in [0.05, 0.1) is 19.3 Å². The van der Waals surface area contributed by atoms with Gasteiger partial charge in [-0.05, 0) is 24.6 Å². The fraction of sp³-hybridized carbons (Fsp3) is 0.417. The first-order valence-electron chi connectivity index (χ1n) is 5.25. The molecule has 4 heteroatoms. The van der Waals surface area contributed by atoms with Gasteiger partial charge in [-0.15, -0.1) is 0 Å². The molecule has 0 radical (unpaired) electrons. The standard InChI is InChI=1S/C12H16O4/c1-3-4-8-15-16-12(13)10-6-5-7-11(9-10)14-2/h5-7,9H,3-4,8H2,1-2H3. The summed E-state index contributed by atoms with van der Waals surface area (Å²) in [6.45, 7) is 2.46. The van der Waals surface area contributed by atoms with Gasteiger partial charge in [0.15, 0.2) is 0 Å². The minimum absolute atomic E-state index is 0.413. The minimum Gasteiger partial charge on any atom is -0.497 e. The minimum atomic E-state index is -0.505. The molecule has 0 atom stereocenters. The van der Waals surface area contributed by atoms with Gasteiger partial charge in [0.1, 0.15) is 5.75 Å². The molecule has 0 saturated carbocycles. The van der Waals surface area contributed by atoms with Crippen molar-refractivity contribution < 1.29 is 19.3 Å². The fourth-order valence-corrected chi connectivity index (χ4v) is 1.10. The number of hydrogen-bond donors (Lipinski definition) is 0. The molecule has 4 nitrogen and oxygen atoms in total. The van der Waals surface area contributed by atoms with Crippen molar-refractivity contribution in [2.24, 2.45) is 0 Å². The number of rotatable bonds is 6. The number of hydrogen-bond acceptors (Lipinski definition) is 4. The van der Waals surface area contributed by atoms with Gasteiger partial charge in [-0.25, -0.2) is 4.79 Å². The predicted octanol–water partition coefficient (Wildman–Crippen LogP) is 2.58. The molecule has 0 unspecified atom stereocenters. The van der Waals surface area contributed by atoms with E-state index in [2.05, 4.69) is 4.89 Å². The Kier molecular flexibility index (Phi) is 5.36. The number of ether oxygens (including phenoxy) is 1. The van der Waals surface area contributed by atoms with Gasteiger partial charge >= 0.3 is 5.97 Å². The van der Waals surface area contributed by atoms with Crippen molar-refractivity contribution in [3.05, 3.63) is 29.8 Å². The number of carbonyl (C=O) groups is 1. The Balaban J connectivity index is 2.46. The quantitative estimate of drug-likeness (QED) is 0.423. The summed E-state index contributed by atoms with van der Waals surface area (Å²) in [5.41, 5.74) is 0.413. The van der Waals surface area contributed by atoms with E-state index >= 15 is 0 Å². The van der Waals surface area contributed by atoms with Crippen LogP contribution >= 0.6 is 0 Å². The van der Waals surface area contributed by atoms with E-state index in [9.17, 15) is 4.79 Å². The maximum atomic E-state index is 11.5. The molecule has 0 heterocycles. The molecule has 0 fully saturated rings. The van der Waals surface area contributed by atoms with E-state index < -0.39 is 5.97 Å². The number of unbranched alkanes of at least 4 members (excludes halogenated alkanes) is 1. The zero-order valence-corrected chi connectivity index (χ0v) is 9.56. The van der Waals surface area contributed by atoms with E-state index in [4.69, 9.17) is 9.62 Å². The average Bonchev–Trinajstić information content (AvgIpc) is 2.34. The smallest absolute Gasteiger partial charge is 0.373 e. The maximum absolute atomic E-state index is 11.5. The Bertz CT molecular complexity index is 336. The molecule has 0 aliphatic heterocycles. The van der Waals surface area contributed by atoms with Crippen molar-refractivity contribution in [3.63, 3.8) is 0 Å². The van der Waals surface area contributed by atoms with E-state index in [1.54, 1.807) is 31.4 Å². The summed E-state index contributed by atoms with van der Waals surface area (Å²) in [7, 11) is 1.54. The zero-order valence-electron chi connectivity index (χ0n) is 9.56. The third-order valence-electron chi connectivity index (χ3n) is 2.02. The fourth-order valence-electron chi connectivity index (χ4n) is 1.10. The summed E-state index contributed by atoms with van der Waals surface area (Å²) in [5.74, 6) is 0.109. The van der Waals surface area contributed by atoms with Crippen LogP contribution in [0.4, 0.5) is 0 Å². The molecular formula is C12H16O4. The van der Waals surface area contributed by atoms with Crippen molar-refractivity contribution in [2.75, 3.05) is 13.7 Å². The Labute approximate surface area is 95.1 Å². The Hall–Kier alpha value is -1.55. The lowest BCUT2D eigenvalue weighted by molar-refractivity contribution is -0.241. The Morgan fingerprint density at radius 2 is 2.19 bits per heavy atom. The molecule has 0 amide bonds. The molecule has 1 aromatic rings. The molecule has 0 aromatic heterocycles. The third-order valence-corrected chi connectivity index (χ3v) is 2.02. The zero-order chi connectivity index (χ0) is 11.8. The van der Waals surface area contributed by atoms with Gasteiger partial charge in [-0.1, -0.05) is 19.4 Å². The lowest BCUT2D eigenvalue weighted by Crippen LogP contribution is -2.07. The van der Waals surface area contributed by atoms with Crippen LogP contribution in [0.1, 0.15) is 30.1 Å². The summed E-state index contributed by atoms with van der Waals surface area (Å²) in [6.07, 6.45) is 1.86. The van der Waals surface area contributed by atoms with E-state index in [1.165, 1.54) is 0 Å². The highest BCUT2D eigenvalue weighted by molar-refractivity contribution is 5.89. The highest BCUT2D eigenvalue weighted by Gasteiger charge is 2.08. The largest absolute Gasteiger partial charge is 0.497 e. The first kappa shape index (κ1) is 12.5. The molecule has 1 rings (SSSR count). The summed E-state index contributed by atoms with van der Waals surface area (Å²) >= 11 is 0. The molecule has 0 saturated heterocycles. The predicted molar refractivity (Wildman–Crippen MR) is 59.3 cm³/mol. The van der Waals surface area contributed by atoms with Crippen LogP contribution in [0.3, 0.4) is 0 Å². The molecule has 16 heavy (non-hydrogen) atoms. The van der Waals surface area contributed by atoms with Gasteiger partial charge in [-0.2, -0.15) is 4.89 Å². The Morgan fingerprint density at radius 1 is 1.38 bits per heavy atom. The number of methoxy groups -OCH3 is 1. The van der Waals surface area contributed by atoms with E-state index in [0.717, 1.165) is 12.8 Å². The second-order valence-electron chi connectivity index (χ2n) is 3.28. The van der Waals surface area contributed by atoms with Crippen molar-refractivity contribution >= 4 is 5.97 Å². The molecule has 1 aromatic carbocycles. The lowest BCUT2D eigenvalue weighted by atomic mass is 10.2. The second-order valence-corrected chi connectivity index (χ2v) is 3.28. The molecule has 88 valence electrons. The topological polar surface area (TPSA) is 44.8 Å². The van der Waals surface area contributed by atoms with Gasteiger partial charge < -0.3 is 4.74 Å². The van der Waals surface area contributed by atoms with E-state index in [-0.39, 0.29) is 0 Å². The van der Waals surface area contributed by atoms with Crippen molar-refractivity contribution in [1.82, 2.24) is 0 Å². The van der Waals surface area contributed by atoms with Gasteiger partial charge in [0.2, 0.25) is 0 Å². The van der Waals surface area contributed by atoms with Crippen LogP contribution in [-0.4, -0.2) is 19.7 Å². The Morgan fingerprint density at radius 3 is 2.88 bits per heavy atom.